The highest BCUT2D eigenvalue weighted by atomic mass is 16.5. The minimum atomic E-state index is -0.717. The van der Waals surface area contributed by atoms with E-state index < -0.39 is 23.2 Å². The molecule has 0 radical (unpaired) electrons. The molecule has 1 amide bonds. The van der Waals surface area contributed by atoms with Crippen LogP contribution in [0.3, 0.4) is 0 Å². The number of carbonyl (C=O) groups is 1. The lowest BCUT2D eigenvalue weighted by atomic mass is 9.97. The van der Waals surface area contributed by atoms with Gasteiger partial charge >= 0.3 is 5.69 Å². The van der Waals surface area contributed by atoms with E-state index in [0.717, 1.165) is 24.8 Å². The van der Waals surface area contributed by atoms with E-state index in [2.05, 4.69) is 16.2 Å². The van der Waals surface area contributed by atoms with Crippen molar-refractivity contribution < 1.29 is 14.6 Å². The molecule has 2 aliphatic rings. The molecule has 1 aromatic carbocycles. The molecule has 1 aromatic heterocycles. The van der Waals surface area contributed by atoms with E-state index in [9.17, 15) is 19.5 Å². The first-order valence-corrected chi connectivity index (χ1v) is 11.7. The summed E-state index contributed by atoms with van der Waals surface area (Å²) in [6.07, 6.45) is 7.33. The number of rotatable bonds is 7. The molecule has 9 nitrogen and oxygen atoms in total. The van der Waals surface area contributed by atoms with Crippen LogP contribution >= 0.6 is 0 Å². The normalized spacial score (nSPS) is 17.9. The summed E-state index contributed by atoms with van der Waals surface area (Å²) in [6.45, 7) is 4.10. The van der Waals surface area contributed by atoms with Gasteiger partial charge in [0.05, 0.1) is 18.4 Å². The average molecular weight is 467 g/mol. The van der Waals surface area contributed by atoms with E-state index in [-0.39, 0.29) is 30.1 Å². The molecule has 0 saturated heterocycles. The summed E-state index contributed by atoms with van der Waals surface area (Å²) in [5.41, 5.74) is 0.890. The van der Waals surface area contributed by atoms with Crippen molar-refractivity contribution in [2.75, 3.05) is 6.61 Å². The molecule has 0 spiro atoms. The second kappa shape index (κ2) is 10.1. The van der Waals surface area contributed by atoms with Gasteiger partial charge in [-0.2, -0.15) is 5.10 Å². The number of hydrogen-bond donors (Lipinski definition) is 2. The second-order valence-electron chi connectivity index (χ2n) is 8.60. The molecule has 0 fully saturated rings. The molecule has 0 unspecified atom stereocenters. The molecule has 0 saturated carbocycles. The van der Waals surface area contributed by atoms with Crippen molar-refractivity contribution in [3.8, 4) is 11.6 Å². The number of carbonyl (C=O) groups excluding carboxylic acids is 1. The fourth-order valence-electron chi connectivity index (χ4n) is 4.58. The molecule has 4 rings (SSSR count). The van der Waals surface area contributed by atoms with Crippen molar-refractivity contribution in [3.63, 3.8) is 0 Å². The van der Waals surface area contributed by atoms with E-state index in [0.29, 0.717) is 18.8 Å². The van der Waals surface area contributed by atoms with E-state index in [4.69, 9.17) is 4.74 Å². The van der Waals surface area contributed by atoms with Gasteiger partial charge in [-0.25, -0.2) is 9.80 Å². The summed E-state index contributed by atoms with van der Waals surface area (Å²) < 4.78 is 6.66. The molecule has 34 heavy (non-hydrogen) atoms. The highest BCUT2D eigenvalue weighted by Gasteiger charge is 2.34. The SMILES string of the molecule is CCOc1ccc([C@H]2CC(c3c(O)n(CCC4=CCCCC4)c(=O)[nH]c3=O)=NN2C(C)=O)cc1. The van der Waals surface area contributed by atoms with Gasteiger partial charge in [-0.05, 0) is 56.7 Å². The Hall–Kier alpha value is -3.62. The summed E-state index contributed by atoms with van der Waals surface area (Å²) >= 11 is 0. The lowest BCUT2D eigenvalue weighted by Gasteiger charge is -2.20. The quantitative estimate of drug-likeness (QED) is 0.608. The molecular weight excluding hydrogens is 436 g/mol. The first-order valence-electron chi connectivity index (χ1n) is 11.7. The van der Waals surface area contributed by atoms with Crippen LogP contribution in [0.5, 0.6) is 11.6 Å². The Kier molecular flexibility index (Phi) is 7.00. The predicted octanol–water partition coefficient (Wildman–Crippen LogP) is 3.23. The topological polar surface area (TPSA) is 117 Å². The molecule has 1 atom stereocenters. The second-order valence-corrected chi connectivity index (χ2v) is 8.60. The Morgan fingerprint density at radius 1 is 1.24 bits per heavy atom. The van der Waals surface area contributed by atoms with Crippen molar-refractivity contribution in [2.24, 2.45) is 5.10 Å². The number of hydrogen-bond acceptors (Lipinski definition) is 6. The van der Waals surface area contributed by atoms with Gasteiger partial charge in [-0.3, -0.25) is 19.1 Å². The van der Waals surface area contributed by atoms with Gasteiger partial charge < -0.3 is 9.84 Å². The van der Waals surface area contributed by atoms with Crippen LogP contribution in [-0.2, 0) is 11.3 Å². The fraction of sp³-hybridized carbons (Fsp3) is 0.440. The first-order chi connectivity index (χ1) is 16.4. The van der Waals surface area contributed by atoms with Crippen LogP contribution in [0.4, 0.5) is 0 Å². The van der Waals surface area contributed by atoms with Gasteiger partial charge in [-0.15, -0.1) is 0 Å². The summed E-state index contributed by atoms with van der Waals surface area (Å²) in [7, 11) is 0. The van der Waals surface area contributed by atoms with Gasteiger partial charge in [0.15, 0.2) is 0 Å². The number of hydrazone groups is 1. The zero-order valence-electron chi connectivity index (χ0n) is 19.5. The third kappa shape index (κ3) is 4.83. The monoisotopic (exact) mass is 466 g/mol. The Balaban J connectivity index is 1.64. The van der Waals surface area contributed by atoms with Crippen LogP contribution in [0.15, 0.2) is 50.6 Å². The summed E-state index contributed by atoms with van der Waals surface area (Å²) in [5.74, 6) is 0.0103. The minimum absolute atomic E-state index is 0.0723. The Labute approximate surface area is 197 Å². The Morgan fingerprint density at radius 3 is 2.65 bits per heavy atom. The minimum Gasteiger partial charge on any atom is -0.494 e. The number of nitrogens with one attached hydrogen (secondary N) is 1. The largest absolute Gasteiger partial charge is 0.494 e. The van der Waals surface area contributed by atoms with Gasteiger partial charge in [0.1, 0.15) is 11.3 Å². The van der Waals surface area contributed by atoms with Crippen LogP contribution in [0.25, 0.3) is 0 Å². The molecule has 9 heteroatoms. The lowest BCUT2D eigenvalue weighted by molar-refractivity contribution is -0.130. The third-order valence-corrected chi connectivity index (χ3v) is 6.31. The van der Waals surface area contributed by atoms with Crippen molar-refractivity contribution in [3.05, 3.63) is 67.9 Å². The van der Waals surface area contributed by atoms with Gasteiger partial charge in [-0.1, -0.05) is 23.8 Å². The molecule has 0 bridgehead atoms. The summed E-state index contributed by atoms with van der Waals surface area (Å²) in [6, 6.07) is 6.91. The summed E-state index contributed by atoms with van der Waals surface area (Å²) in [5, 5.41) is 16.6. The van der Waals surface area contributed by atoms with E-state index in [1.165, 1.54) is 28.5 Å². The smallest absolute Gasteiger partial charge is 0.331 e. The number of ether oxygens (including phenoxy) is 1. The number of aromatic hydroxyl groups is 1. The molecule has 2 aromatic rings. The van der Waals surface area contributed by atoms with Crippen LogP contribution in [-0.4, -0.2) is 37.9 Å². The number of nitrogens with zero attached hydrogens (tertiary/aromatic N) is 3. The Bertz CT molecular complexity index is 1240. The highest BCUT2D eigenvalue weighted by molar-refractivity contribution is 6.04. The average Bonchev–Trinajstić information content (AvgIpc) is 3.25. The van der Waals surface area contributed by atoms with E-state index >= 15 is 0 Å². The standard InChI is InChI=1S/C25H30N4O5/c1-3-34-19-11-9-18(10-12-19)21-15-20(27-29(21)16(2)30)22-23(31)26-25(33)28(24(22)32)14-13-17-7-5-4-6-8-17/h7,9-12,21,32H,3-6,8,13-15H2,1-2H3,(H,26,31,33)/t21-/m1/s1. The highest BCUT2D eigenvalue weighted by Crippen LogP contribution is 2.34. The zero-order chi connectivity index (χ0) is 24.2. The zero-order valence-corrected chi connectivity index (χ0v) is 19.5. The first kappa shape index (κ1) is 23.5. The maximum absolute atomic E-state index is 12.7. The van der Waals surface area contributed by atoms with E-state index in [1.807, 2.05) is 31.2 Å². The molecular formula is C25H30N4O5. The molecule has 1 aliphatic carbocycles. The third-order valence-electron chi connectivity index (χ3n) is 6.31. The fourth-order valence-corrected chi connectivity index (χ4v) is 4.58. The summed E-state index contributed by atoms with van der Waals surface area (Å²) in [4.78, 5) is 39.8. The number of benzene rings is 1. The molecule has 180 valence electrons. The number of H-pyrrole nitrogens is 1. The Morgan fingerprint density at radius 2 is 2.00 bits per heavy atom. The molecule has 2 N–H and O–H groups in total. The van der Waals surface area contributed by atoms with Gasteiger partial charge in [0.2, 0.25) is 11.8 Å². The maximum Gasteiger partial charge on any atom is 0.331 e. The van der Waals surface area contributed by atoms with Crippen LogP contribution in [0.2, 0.25) is 0 Å². The number of aromatic nitrogens is 2. The van der Waals surface area contributed by atoms with E-state index in [1.54, 1.807) is 0 Å². The molecule has 1 aliphatic heterocycles. The van der Waals surface area contributed by atoms with Crippen molar-refractivity contribution in [1.29, 1.82) is 0 Å². The maximum atomic E-state index is 12.7. The van der Waals surface area contributed by atoms with Gasteiger partial charge in [0.25, 0.3) is 5.56 Å². The predicted molar refractivity (Wildman–Crippen MR) is 128 cm³/mol. The van der Waals surface area contributed by atoms with Crippen molar-refractivity contribution in [1.82, 2.24) is 14.6 Å². The van der Waals surface area contributed by atoms with Crippen molar-refractivity contribution >= 4 is 11.6 Å². The van der Waals surface area contributed by atoms with Gasteiger partial charge in [0, 0.05) is 19.9 Å². The van der Waals surface area contributed by atoms with Crippen LogP contribution in [0, 0.1) is 0 Å². The van der Waals surface area contributed by atoms with Crippen molar-refractivity contribution in [2.45, 2.75) is 65.0 Å². The number of allylic oxidation sites excluding steroid dienone is 2. The number of aromatic amines is 1. The van der Waals surface area contributed by atoms with Crippen LogP contribution < -0.4 is 16.0 Å². The number of amides is 1. The lowest BCUT2D eigenvalue weighted by Crippen LogP contribution is -2.34. The van der Waals surface area contributed by atoms with Crippen LogP contribution in [0.1, 0.15) is 69.5 Å². The molecule has 2 heterocycles.